The van der Waals surface area contributed by atoms with Gasteiger partial charge in [0.05, 0.1) is 26.0 Å². The lowest BCUT2D eigenvalue weighted by atomic mass is 10.1. The van der Waals surface area contributed by atoms with Gasteiger partial charge in [0.2, 0.25) is 0 Å². The highest BCUT2D eigenvalue weighted by Crippen LogP contribution is 2.34. The molecule has 0 saturated heterocycles. The average Bonchev–Trinajstić information content (AvgIpc) is 3.29. The topological polar surface area (TPSA) is 42.0 Å². The molecule has 0 bridgehead atoms. The van der Waals surface area contributed by atoms with Crippen LogP contribution in [-0.2, 0) is 0 Å². The number of hydrogen-bond donors (Lipinski definition) is 1. The summed E-state index contributed by atoms with van der Waals surface area (Å²) in [7, 11) is 0. The standard InChI is InChI=1S/C20H16N2OS2/c1-13(14-7-3-2-4-8-14)21-19(23)17-11-12-18(24-17)20-22-15-9-5-6-10-16(15)25-20/h2-13H,1H3,(H,21,23). The molecular weight excluding hydrogens is 348 g/mol. The molecule has 0 fully saturated rings. The zero-order chi connectivity index (χ0) is 17.2. The van der Waals surface area contributed by atoms with E-state index in [1.54, 1.807) is 11.3 Å². The lowest BCUT2D eigenvalue weighted by Crippen LogP contribution is -2.25. The van der Waals surface area contributed by atoms with E-state index in [1.807, 2.05) is 67.6 Å². The van der Waals surface area contributed by atoms with Gasteiger partial charge in [-0.05, 0) is 36.8 Å². The van der Waals surface area contributed by atoms with Crippen molar-refractivity contribution in [2.75, 3.05) is 0 Å². The molecule has 0 aliphatic heterocycles. The number of benzene rings is 2. The Morgan fingerprint density at radius 1 is 0.960 bits per heavy atom. The van der Waals surface area contributed by atoms with Crippen molar-refractivity contribution in [3.63, 3.8) is 0 Å². The number of hydrogen-bond acceptors (Lipinski definition) is 4. The van der Waals surface area contributed by atoms with Crippen molar-refractivity contribution in [2.45, 2.75) is 13.0 Å². The monoisotopic (exact) mass is 364 g/mol. The number of para-hydroxylation sites is 1. The molecule has 3 nitrogen and oxygen atoms in total. The first-order chi connectivity index (χ1) is 12.2. The zero-order valence-corrected chi connectivity index (χ0v) is 15.2. The SMILES string of the molecule is CC(NC(=O)c1ccc(-c2nc3ccccc3s2)s1)c1ccccc1. The van der Waals surface area contributed by atoms with E-state index in [4.69, 9.17) is 0 Å². The number of aromatic nitrogens is 1. The van der Waals surface area contributed by atoms with Crippen molar-refractivity contribution >= 4 is 38.8 Å². The van der Waals surface area contributed by atoms with Gasteiger partial charge < -0.3 is 5.32 Å². The van der Waals surface area contributed by atoms with Crippen LogP contribution in [0.4, 0.5) is 0 Å². The molecule has 1 amide bonds. The lowest BCUT2D eigenvalue weighted by molar-refractivity contribution is 0.0944. The fourth-order valence-electron chi connectivity index (χ4n) is 2.65. The second-order valence-electron chi connectivity index (χ2n) is 5.76. The molecule has 0 radical (unpaired) electrons. The molecular formula is C20H16N2OS2. The van der Waals surface area contributed by atoms with E-state index in [-0.39, 0.29) is 11.9 Å². The van der Waals surface area contributed by atoms with Crippen molar-refractivity contribution in [3.8, 4) is 9.88 Å². The summed E-state index contributed by atoms with van der Waals surface area (Å²) in [5, 5.41) is 4.02. The van der Waals surface area contributed by atoms with Crippen molar-refractivity contribution in [2.24, 2.45) is 0 Å². The van der Waals surface area contributed by atoms with Crippen LogP contribution >= 0.6 is 22.7 Å². The second kappa shape index (κ2) is 6.78. The van der Waals surface area contributed by atoms with Crippen LogP contribution < -0.4 is 5.32 Å². The molecule has 25 heavy (non-hydrogen) atoms. The predicted octanol–water partition coefficient (Wildman–Crippen LogP) is 5.52. The second-order valence-corrected chi connectivity index (χ2v) is 7.87. The molecule has 0 aliphatic carbocycles. The maximum atomic E-state index is 12.5. The average molecular weight is 364 g/mol. The van der Waals surface area contributed by atoms with Gasteiger partial charge in [-0.25, -0.2) is 4.98 Å². The normalized spacial score (nSPS) is 12.2. The summed E-state index contributed by atoms with van der Waals surface area (Å²) < 4.78 is 1.16. The van der Waals surface area contributed by atoms with Crippen molar-refractivity contribution in [3.05, 3.63) is 77.2 Å². The summed E-state index contributed by atoms with van der Waals surface area (Å²) in [5.41, 5.74) is 2.10. The van der Waals surface area contributed by atoms with Gasteiger partial charge in [-0.15, -0.1) is 22.7 Å². The van der Waals surface area contributed by atoms with Gasteiger partial charge in [0.25, 0.3) is 5.91 Å². The van der Waals surface area contributed by atoms with E-state index in [2.05, 4.69) is 16.4 Å². The first-order valence-electron chi connectivity index (χ1n) is 8.02. The van der Waals surface area contributed by atoms with E-state index in [0.29, 0.717) is 4.88 Å². The Labute approximate surface area is 154 Å². The molecule has 0 spiro atoms. The van der Waals surface area contributed by atoms with Crippen LogP contribution in [-0.4, -0.2) is 10.9 Å². The van der Waals surface area contributed by atoms with Crippen LogP contribution in [0.1, 0.15) is 28.2 Å². The molecule has 0 saturated carbocycles. The van der Waals surface area contributed by atoms with Gasteiger partial charge in [-0.2, -0.15) is 0 Å². The van der Waals surface area contributed by atoms with Crippen molar-refractivity contribution in [1.82, 2.24) is 10.3 Å². The quantitative estimate of drug-likeness (QED) is 0.518. The maximum absolute atomic E-state index is 12.5. The first kappa shape index (κ1) is 16.0. The summed E-state index contributed by atoms with van der Waals surface area (Å²) in [6, 6.07) is 21.9. The van der Waals surface area contributed by atoms with Crippen LogP contribution in [0, 0.1) is 0 Å². The fraction of sp³-hybridized carbons (Fsp3) is 0.100. The number of nitrogens with zero attached hydrogens (tertiary/aromatic N) is 1. The van der Waals surface area contributed by atoms with Crippen LogP contribution in [0.25, 0.3) is 20.1 Å². The molecule has 5 heteroatoms. The number of thiophene rings is 1. The Morgan fingerprint density at radius 3 is 2.52 bits per heavy atom. The highest BCUT2D eigenvalue weighted by molar-refractivity contribution is 7.26. The van der Waals surface area contributed by atoms with Crippen molar-refractivity contribution < 1.29 is 4.79 Å². The molecule has 1 N–H and O–H groups in total. The number of fused-ring (bicyclic) bond motifs is 1. The van der Waals surface area contributed by atoms with Crippen LogP contribution in [0.2, 0.25) is 0 Å². The Hall–Kier alpha value is -2.50. The largest absolute Gasteiger partial charge is 0.345 e. The van der Waals surface area contributed by atoms with E-state index < -0.39 is 0 Å². The summed E-state index contributed by atoms with van der Waals surface area (Å²) in [5.74, 6) is -0.0475. The number of thiazole rings is 1. The van der Waals surface area contributed by atoms with Gasteiger partial charge >= 0.3 is 0 Å². The summed E-state index contributed by atoms with van der Waals surface area (Å²) in [4.78, 5) is 18.9. The summed E-state index contributed by atoms with van der Waals surface area (Å²) in [6.45, 7) is 2.00. The molecule has 4 aromatic rings. The number of amides is 1. The summed E-state index contributed by atoms with van der Waals surface area (Å²) >= 11 is 3.14. The minimum absolute atomic E-state index is 0.0262. The molecule has 2 heterocycles. The molecule has 4 rings (SSSR count). The van der Waals surface area contributed by atoms with Gasteiger partial charge in [-0.1, -0.05) is 42.5 Å². The smallest absolute Gasteiger partial charge is 0.261 e. The van der Waals surface area contributed by atoms with Gasteiger partial charge in [0.1, 0.15) is 5.01 Å². The maximum Gasteiger partial charge on any atom is 0.261 e. The third-order valence-electron chi connectivity index (χ3n) is 3.98. The molecule has 2 aromatic carbocycles. The molecule has 124 valence electrons. The van der Waals surface area contributed by atoms with Crippen LogP contribution in [0.5, 0.6) is 0 Å². The zero-order valence-electron chi connectivity index (χ0n) is 13.6. The first-order valence-corrected chi connectivity index (χ1v) is 9.65. The lowest BCUT2D eigenvalue weighted by Gasteiger charge is -2.13. The number of rotatable bonds is 4. The molecule has 2 aromatic heterocycles. The predicted molar refractivity (Wildman–Crippen MR) is 105 cm³/mol. The Morgan fingerprint density at radius 2 is 1.72 bits per heavy atom. The minimum atomic E-state index is -0.0475. The van der Waals surface area contributed by atoms with E-state index in [9.17, 15) is 4.79 Å². The van der Waals surface area contributed by atoms with Crippen LogP contribution in [0.3, 0.4) is 0 Å². The highest BCUT2D eigenvalue weighted by Gasteiger charge is 2.15. The Kier molecular flexibility index (Phi) is 4.34. The van der Waals surface area contributed by atoms with E-state index in [0.717, 1.165) is 25.7 Å². The fourth-order valence-corrected chi connectivity index (χ4v) is 4.57. The summed E-state index contributed by atoms with van der Waals surface area (Å²) in [6.07, 6.45) is 0. The van der Waals surface area contributed by atoms with Crippen LogP contribution in [0.15, 0.2) is 66.7 Å². The number of carbonyl (C=O) groups excluding carboxylic acids is 1. The third-order valence-corrected chi connectivity index (χ3v) is 6.27. The van der Waals surface area contributed by atoms with Gasteiger partial charge in [0.15, 0.2) is 0 Å². The Bertz CT molecular complexity index is 987. The number of carbonyl (C=O) groups is 1. The minimum Gasteiger partial charge on any atom is -0.345 e. The van der Waals surface area contributed by atoms with Gasteiger partial charge in [-0.3, -0.25) is 4.79 Å². The Balaban J connectivity index is 1.53. The number of nitrogens with one attached hydrogen (secondary N) is 1. The third kappa shape index (κ3) is 3.34. The molecule has 0 aliphatic rings. The molecule has 1 atom stereocenters. The highest BCUT2D eigenvalue weighted by atomic mass is 32.1. The van der Waals surface area contributed by atoms with Crippen molar-refractivity contribution in [1.29, 1.82) is 0 Å². The van der Waals surface area contributed by atoms with E-state index >= 15 is 0 Å². The van der Waals surface area contributed by atoms with E-state index in [1.165, 1.54) is 11.3 Å². The molecule has 1 unspecified atom stereocenters. The van der Waals surface area contributed by atoms with Gasteiger partial charge in [0, 0.05) is 0 Å².